The Balaban J connectivity index is 1.60. The summed E-state index contributed by atoms with van der Waals surface area (Å²) in [5, 5.41) is 3.47. The molecular formula is C24H27N3O4S2. The first-order chi connectivity index (χ1) is 15.8. The lowest BCUT2D eigenvalue weighted by atomic mass is 10.0. The van der Waals surface area contributed by atoms with Gasteiger partial charge in [-0.1, -0.05) is 37.7 Å². The molecule has 2 aromatic carbocycles. The van der Waals surface area contributed by atoms with Crippen LogP contribution in [0.4, 0.5) is 5.69 Å². The second-order valence-electron chi connectivity index (χ2n) is 7.59. The van der Waals surface area contributed by atoms with Crippen LogP contribution < -0.4 is 10.0 Å². The zero-order chi connectivity index (χ0) is 23.8. The Labute approximate surface area is 199 Å². The van der Waals surface area contributed by atoms with Crippen LogP contribution in [-0.4, -0.2) is 39.6 Å². The average molecular weight is 486 g/mol. The summed E-state index contributed by atoms with van der Waals surface area (Å²) < 4.78 is 32.8. The third-order valence-electron chi connectivity index (χ3n) is 4.78. The summed E-state index contributed by atoms with van der Waals surface area (Å²) in [5.41, 5.74) is 2.04. The average Bonchev–Trinajstić information content (AvgIpc) is 2.81. The predicted octanol–water partition coefficient (Wildman–Crippen LogP) is 4.53. The number of nitrogens with one attached hydrogen (secondary N) is 2. The van der Waals surface area contributed by atoms with Crippen LogP contribution in [0.15, 0.2) is 81.7 Å². The number of nitrogens with zero attached hydrogens (tertiary/aromatic N) is 1. The third-order valence-corrected chi connectivity index (χ3v) is 7.13. The molecule has 0 saturated carbocycles. The Bertz CT molecular complexity index is 1160. The number of methoxy groups -OCH3 is 1. The SMILES string of the molecule is COCCNC(=O)c1ccc(Sc2ccc(NS(=O)(=O)c3ccc(C(C)C)cc3)cc2)nc1. The molecule has 0 bridgehead atoms. The van der Waals surface area contributed by atoms with Crippen molar-refractivity contribution in [3.05, 3.63) is 78.0 Å². The van der Waals surface area contributed by atoms with Crippen molar-refractivity contribution in [1.29, 1.82) is 0 Å². The zero-order valence-corrected chi connectivity index (χ0v) is 20.4. The number of amides is 1. The summed E-state index contributed by atoms with van der Waals surface area (Å²) in [7, 11) is -2.09. The number of ether oxygens (including phenoxy) is 1. The van der Waals surface area contributed by atoms with Gasteiger partial charge in [-0.3, -0.25) is 9.52 Å². The highest BCUT2D eigenvalue weighted by Crippen LogP contribution is 2.28. The van der Waals surface area contributed by atoms with E-state index in [1.54, 1.807) is 43.5 Å². The Morgan fingerprint density at radius 2 is 1.73 bits per heavy atom. The first-order valence-corrected chi connectivity index (χ1v) is 12.7. The number of hydrogen-bond donors (Lipinski definition) is 2. The molecule has 2 N–H and O–H groups in total. The van der Waals surface area contributed by atoms with Gasteiger partial charge in [0.25, 0.3) is 15.9 Å². The second-order valence-corrected chi connectivity index (χ2v) is 10.4. The van der Waals surface area contributed by atoms with E-state index < -0.39 is 10.0 Å². The van der Waals surface area contributed by atoms with Gasteiger partial charge in [-0.15, -0.1) is 0 Å². The van der Waals surface area contributed by atoms with Gasteiger partial charge in [0, 0.05) is 30.4 Å². The van der Waals surface area contributed by atoms with Crippen LogP contribution in [0, 0.1) is 0 Å². The van der Waals surface area contributed by atoms with Crippen molar-refractivity contribution in [3.8, 4) is 0 Å². The quantitative estimate of drug-likeness (QED) is 0.410. The summed E-state index contributed by atoms with van der Waals surface area (Å²) in [6, 6.07) is 17.4. The Morgan fingerprint density at radius 3 is 2.30 bits per heavy atom. The van der Waals surface area contributed by atoms with Crippen LogP contribution in [0.25, 0.3) is 0 Å². The number of carbonyl (C=O) groups excluding carboxylic acids is 1. The molecule has 0 saturated heterocycles. The first-order valence-electron chi connectivity index (χ1n) is 10.4. The lowest BCUT2D eigenvalue weighted by Gasteiger charge is -2.10. The van der Waals surface area contributed by atoms with Gasteiger partial charge in [-0.2, -0.15) is 0 Å². The van der Waals surface area contributed by atoms with E-state index in [0.717, 1.165) is 15.5 Å². The Kier molecular flexibility index (Phi) is 8.49. The number of hydrogen-bond acceptors (Lipinski definition) is 6. The van der Waals surface area contributed by atoms with Gasteiger partial charge in [0.2, 0.25) is 0 Å². The number of aromatic nitrogens is 1. The molecule has 0 aliphatic carbocycles. The Hall–Kier alpha value is -2.88. The van der Waals surface area contributed by atoms with E-state index in [2.05, 4.69) is 28.9 Å². The molecule has 174 valence electrons. The number of anilines is 1. The lowest BCUT2D eigenvalue weighted by molar-refractivity contribution is 0.0936. The van der Waals surface area contributed by atoms with Gasteiger partial charge >= 0.3 is 0 Å². The van der Waals surface area contributed by atoms with E-state index in [4.69, 9.17) is 4.74 Å². The zero-order valence-electron chi connectivity index (χ0n) is 18.7. The Morgan fingerprint density at radius 1 is 1.03 bits per heavy atom. The minimum absolute atomic E-state index is 0.202. The number of rotatable bonds is 10. The fourth-order valence-corrected chi connectivity index (χ4v) is 4.72. The largest absolute Gasteiger partial charge is 0.383 e. The summed E-state index contributed by atoms with van der Waals surface area (Å²) >= 11 is 1.42. The van der Waals surface area contributed by atoms with Crippen molar-refractivity contribution in [2.24, 2.45) is 0 Å². The van der Waals surface area contributed by atoms with Crippen molar-refractivity contribution >= 4 is 33.4 Å². The minimum Gasteiger partial charge on any atom is -0.383 e. The number of carbonyl (C=O) groups is 1. The van der Waals surface area contributed by atoms with E-state index >= 15 is 0 Å². The van der Waals surface area contributed by atoms with Gasteiger partial charge in [-0.05, 0) is 60.0 Å². The molecule has 0 aliphatic rings. The molecule has 0 unspecified atom stereocenters. The highest BCUT2D eigenvalue weighted by Gasteiger charge is 2.14. The molecule has 3 rings (SSSR count). The predicted molar refractivity (Wildman–Crippen MR) is 130 cm³/mol. The monoisotopic (exact) mass is 485 g/mol. The molecule has 33 heavy (non-hydrogen) atoms. The molecular weight excluding hydrogens is 458 g/mol. The van der Waals surface area contributed by atoms with Crippen LogP contribution in [0.2, 0.25) is 0 Å². The summed E-state index contributed by atoms with van der Waals surface area (Å²) in [5.74, 6) is 0.134. The molecule has 1 amide bonds. The molecule has 1 heterocycles. The molecule has 0 spiro atoms. The highest BCUT2D eigenvalue weighted by molar-refractivity contribution is 7.99. The third kappa shape index (κ3) is 7.05. The van der Waals surface area contributed by atoms with E-state index in [1.807, 2.05) is 24.3 Å². The van der Waals surface area contributed by atoms with Gasteiger partial charge in [0.1, 0.15) is 5.03 Å². The van der Waals surface area contributed by atoms with E-state index in [0.29, 0.717) is 30.3 Å². The summed E-state index contributed by atoms with van der Waals surface area (Å²) in [6.45, 7) is 5.01. The first kappa shape index (κ1) is 24.8. The van der Waals surface area contributed by atoms with E-state index in [9.17, 15) is 13.2 Å². The lowest BCUT2D eigenvalue weighted by Crippen LogP contribution is -2.26. The maximum Gasteiger partial charge on any atom is 0.261 e. The summed E-state index contributed by atoms with van der Waals surface area (Å²) in [6.07, 6.45) is 1.53. The molecule has 0 atom stereocenters. The molecule has 9 heteroatoms. The van der Waals surface area contributed by atoms with E-state index in [-0.39, 0.29) is 10.8 Å². The van der Waals surface area contributed by atoms with Crippen LogP contribution in [0.3, 0.4) is 0 Å². The van der Waals surface area contributed by atoms with Gasteiger partial charge < -0.3 is 10.1 Å². The number of sulfonamides is 1. The minimum atomic E-state index is -3.66. The molecule has 0 fully saturated rings. The van der Waals surface area contributed by atoms with Crippen molar-refractivity contribution in [2.75, 3.05) is 25.0 Å². The summed E-state index contributed by atoms with van der Waals surface area (Å²) in [4.78, 5) is 17.5. The molecule has 3 aromatic rings. The van der Waals surface area contributed by atoms with Crippen LogP contribution in [-0.2, 0) is 14.8 Å². The van der Waals surface area contributed by atoms with Crippen LogP contribution in [0.1, 0.15) is 35.7 Å². The van der Waals surface area contributed by atoms with Gasteiger partial charge in [-0.25, -0.2) is 13.4 Å². The van der Waals surface area contributed by atoms with Crippen molar-refractivity contribution in [2.45, 2.75) is 34.6 Å². The van der Waals surface area contributed by atoms with Gasteiger partial charge in [0.15, 0.2) is 0 Å². The maximum atomic E-state index is 12.7. The van der Waals surface area contributed by atoms with Crippen molar-refractivity contribution in [1.82, 2.24) is 10.3 Å². The van der Waals surface area contributed by atoms with E-state index in [1.165, 1.54) is 18.0 Å². The topological polar surface area (TPSA) is 97.4 Å². The van der Waals surface area contributed by atoms with Crippen LogP contribution in [0.5, 0.6) is 0 Å². The molecule has 0 aliphatic heterocycles. The number of benzene rings is 2. The number of pyridine rings is 1. The van der Waals surface area contributed by atoms with Gasteiger partial charge in [0.05, 0.1) is 17.1 Å². The van der Waals surface area contributed by atoms with Crippen molar-refractivity contribution < 1.29 is 17.9 Å². The normalized spacial score (nSPS) is 11.4. The van der Waals surface area contributed by atoms with Crippen molar-refractivity contribution in [3.63, 3.8) is 0 Å². The second kappa shape index (κ2) is 11.3. The molecule has 0 radical (unpaired) electrons. The fraction of sp³-hybridized carbons (Fsp3) is 0.250. The highest BCUT2D eigenvalue weighted by atomic mass is 32.2. The fourth-order valence-electron chi connectivity index (χ4n) is 2.90. The maximum absolute atomic E-state index is 12.7. The smallest absolute Gasteiger partial charge is 0.261 e. The van der Waals surface area contributed by atoms with Crippen LogP contribution >= 0.6 is 11.8 Å². The molecule has 7 nitrogen and oxygen atoms in total. The standard InChI is InChI=1S/C24H27N3O4S2/c1-17(2)18-4-11-22(12-5-18)33(29,30)27-20-7-9-21(10-8-20)32-23-13-6-19(16-26-23)24(28)25-14-15-31-3/h4-13,16-17,27H,14-15H2,1-3H3,(H,25,28). The molecule has 1 aromatic heterocycles.